The maximum atomic E-state index is 6.66. The summed E-state index contributed by atoms with van der Waals surface area (Å²) in [5, 5.41) is 0. The number of hydrogen-bond donors (Lipinski definition) is 0. The van der Waals surface area contributed by atoms with Crippen LogP contribution in [0.2, 0.25) is 51.9 Å². The van der Waals surface area contributed by atoms with Gasteiger partial charge < -0.3 is 21.8 Å². The minimum Gasteiger partial charge on any atom is -0.433 e. The number of rotatable bonds is 15. The van der Waals surface area contributed by atoms with Gasteiger partial charge in [-0.15, -0.1) is 13.2 Å². The van der Waals surface area contributed by atoms with E-state index in [0.29, 0.717) is 19.8 Å². The lowest BCUT2D eigenvalue weighted by Crippen LogP contribution is -2.57. The standard InChI is InChI=1S/C17H40O5Si4/c1-11-23(4,5)20-25(8,9)22-26(10,21-24(6,7)12-2)17-13-14-19-16-15-18-3/h11-12H,1-2,13-17H2,3-10H3. The topological polar surface area (TPSA) is 46.2 Å². The summed E-state index contributed by atoms with van der Waals surface area (Å²) >= 11 is 0. The van der Waals surface area contributed by atoms with Crippen LogP contribution in [-0.4, -0.2) is 60.7 Å². The van der Waals surface area contributed by atoms with Crippen LogP contribution >= 0.6 is 0 Å². The summed E-state index contributed by atoms with van der Waals surface area (Å²) in [6.07, 6.45) is 0.904. The highest BCUT2D eigenvalue weighted by Gasteiger charge is 2.44. The molecule has 0 aliphatic carbocycles. The largest absolute Gasteiger partial charge is 0.433 e. The van der Waals surface area contributed by atoms with E-state index in [1.807, 2.05) is 11.4 Å². The Kier molecular flexibility index (Phi) is 11.3. The van der Waals surface area contributed by atoms with Crippen molar-refractivity contribution in [3.63, 3.8) is 0 Å². The summed E-state index contributed by atoms with van der Waals surface area (Å²) in [6, 6.07) is 0.875. The van der Waals surface area contributed by atoms with E-state index in [2.05, 4.69) is 59.0 Å². The molecule has 0 saturated carbocycles. The van der Waals surface area contributed by atoms with Crippen LogP contribution in [0.5, 0.6) is 0 Å². The highest BCUT2D eigenvalue weighted by atomic mass is 28.5. The van der Waals surface area contributed by atoms with E-state index >= 15 is 0 Å². The van der Waals surface area contributed by atoms with Crippen molar-refractivity contribution in [2.45, 2.75) is 58.3 Å². The van der Waals surface area contributed by atoms with Crippen LogP contribution in [-0.2, 0) is 21.8 Å². The highest BCUT2D eigenvalue weighted by molar-refractivity contribution is 6.91. The number of ether oxygens (including phenoxy) is 2. The lowest BCUT2D eigenvalue weighted by atomic mass is 10.5. The van der Waals surface area contributed by atoms with Crippen molar-refractivity contribution in [3.8, 4) is 0 Å². The second kappa shape index (κ2) is 11.2. The van der Waals surface area contributed by atoms with Crippen LogP contribution in [0.4, 0.5) is 0 Å². The van der Waals surface area contributed by atoms with Gasteiger partial charge in [0.25, 0.3) is 0 Å². The van der Waals surface area contributed by atoms with Crippen molar-refractivity contribution in [2.24, 2.45) is 0 Å². The molecule has 9 heteroatoms. The first-order valence-corrected chi connectivity index (χ1v) is 20.6. The van der Waals surface area contributed by atoms with E-state index < -0.39 is 33.8 Å². The zero-order chi connectivity index (χ0) is 20.5. The van der Waals surface area contributed by atoms with Gasteiger partial charge in [-0.1, -0.05) is 11.4 Å². The third kappa shape index (κ3) is 11.8. The molecule has 0 aliphatic rings. The Morgan fingerprint density at radius 2 is 1.27 bits per heavy atom. The van der Waals surface area contributed by atoms with Gasteiger partial charge in [-0.2, -0.15) is 0 Å². The molecule has 0 saturated heterocycles. The van der Waals surface area contributed by atoms with E-state index in [1.165, 1.54) is 0 Å². The zero-order valence-corrected chi connectivity index (χ0v) is 22.1. The lowest BCUT2D eigenvalue weighted by molar-refractivity contribution is 0.0703. The molecule has 0 radical (unpaired) electrons. The highest BCUT2D eigenvalue weighted by Crippen LogP contribution is 2.28. The minimum absolute atomic E-state index is 0.617. The molecule has 1 atom stereocenters. The molecule has 154 valence electrons. The quantitative estimate of drug-likeness (QED) is 0.274. The van der Waals surface area contributed by atoms with Gasteiger partial charge in [0, 0.05) is 13.7 Å². The van der Waals surface area contributed by atoms with E-state index in [-0.39, 0.29) is 0 Å². The molecular weight excluding hydrogens is 397 g/mol. The van der Waals surface area contributed by atoms with Crippen molar-refractivity contribution in [3.05, 3.63) is 24.6 Å². The van der Waals surface area contributed by atoms with Crippen molar-refractivity contribution >= 4 is 33.8 Å². The fourth-order valence-corrected chi connectivity index (χ4v) is 19.7. The van der Waals surface area contributed by atoms with Crippen LogP contribution in [0.3, 0.4) is 0 Å². The Labute approximate surface area is 165 Å². The summed E-state index contributed by atoms with van der Waals surface area (Å²) < 4.78 is 30.3. The monoisotopic (exact) mass is 436 g/mol. The molecule has 0 bridgehead atoms. The van der Waals surface area contributed by atoms with Crippen molar-refractivity contribution in [2.75, 3.05) is 26.9 Å². The molecule has 1 unspecified atom stereocenters. The summed E-state index contributed by atoms with van der Waals surface area (Å²) in [5.41, 5.74) is 3.92. The normalized spacial score (nSPS) is 15.5. The molecule has 0 N–H and O–H groups in total. The molecule has 0 aliphatic heterocycles. The minimum atomic E-state index is -2.42. The van der Waals surface area contributed by atoms with Crippen LogP contribution in [0.15, 0.2) is 24.6 Å². The Hall–Kier alpha value is 0.148. The van der Waals surface area contributed by atoms with Gasteiger partial charge in [0.05, 0.1) is 13.2 Å². The van der Waals surface area contributed by atoms with Crippen molar-refractivity contribution in [1.29, 1.82) is 0 Å². The molecule has 0 aromatic rings. The van der Waals surface area contributed by atoms with E-state index in [9.17, 15) is 0 Å². The fourth-order valence-electron chi connectivity index (χ4n) is 2.68. The molecule has 0 amide bonds. The van der Waals surface area contributed by atoms with Gasteiger partial charge in [-0.3, -0.25) is 0 Å². The second-order valence-corrected chi connectivity index (χ2v) is 23.4. The predicted octanol–water partition coefficient (Wildman–Crippen LogP) is 4.72. The lowest BCUT2D eigenvalue weighted by Gasteiger charge is -2.41. The smallest absolute Gasteiger partial charge is 0.316 e. The second-order valence-electron chi connectivity index (χ2n) is 8.16. The van der Waals surface area contributed by atoms with Crippen molar-refractivity contribution < 1.29 is 21.8 Å². The third-order valence-electron chi connectivity index (χ3n) is 3.78. The van der Waals surface area contributed by atoms with Gasteiger partial charge in [0.15, 0.2) is 16.6 Å². The SMILES string of the molecule is C=C[Si](C)(C)O[Si](C)(C)O[Si](C)(CCCOCCOC)O[Si](C)(C)C=C. The summed E-state index contributed by atoms with van der Waals surface area (Å²) in [6.45, 7) is 24.8. The molecule has 5 nitrogen and oxygen atoms in total. The van der Waals surface area contributed by atoms with Gasteiger partial charge in [-0.25, -0.2) is 0 Å². The Morgan fingerprint density at radius 3 is 1.77 bits per heavy atom. The predicted molar refractivity (Wildman–Crippen MR) is 120 cm³/mol. The Morgan fingerprint density at radius 1 is 0.731 bits per heavy atom. The van der Waals surface area contributed by atoms with E-state index in [0.717, 1.165) is 12.5 Å². The van der Waals surface area contributed by atoms with Crippen molar-refractivity contribution in [1.82, 2.24) is 0 Å². The van der Waals surface area contributed by atoms with Gasteiger partial charge in [0.2, 0.25) is 0 Å². The molecule has 26 heavy (non-hydrogen) atoms. The maximum Gasteiger partial charge on any atom is 0.316 e. The average Bonchev–Trinajstić information content (AvgIpc) is 2.48. The zero-order valence-electron chi connectivity index (χ0n) is 18.1. The molecule has 0 spiro atoms. The van der Waals surface area contributed by atoms with Crippen LogP contribution in [0, 0.1) is 0 Å². The summed E-state index contributed by atoms with van der Waals surface area (Å²) in [5.74, 6) is 0. The molecule has 0 aromatic heterocycles. The van der Waals surface area contributed by atoms with E-state index in [4.69, 9.17) is 21.8 Å². The molecular formula is C17H40O5Si4. The van der Waals surface area contributed by atoms with E-state index in [1.54, 1.807) is 7.11 Å². The first kappa shape index (κ1) is 26.1. The van der Waals surface area contributed by atoms with Gasteiger partial charge in [-0.05, 0) is 58.3 Å². The van der Waals surface area contributed by atoms with Crippen LogP contribution < -0.4 is 0 Å². The molecule has 0 aromatic carbocycles. The number of methoxy groups -OCH3 is 1. The van der Waals surface area contributed by atoms with Crippen LogP contribution in [0.1, 0.15) is 6.42 Å². The average molecular weight is 437 g/mol. The maximum absolute atomic E-state index is 6.66. The summed E-state index contributed by atoms with van der Waals surface area (Å²) in [7, 11) is -6.95. The molecule has 0 rings (SSSR count). The number of hydrogen-bond acceptors (Lipinski definition) is 5. The first-order chi connectivity index (χ1) is 11.8. The first-order valence-electron chi connectivity index (χ1n) is 9.25. The third-order valence-corrected chi connectivity index (χ3v) is 18.6. The fraction of sp³-hybridized carbons (Fsp3) is 0.765. The van der Waals surface area contributed by atoms with Crippen LogP contribution in [0.25, 0.3) is 0 Å². The van der Waals surface area contributed by atoms with Gasteiger partial charge >= 0.3 is 17.1 Å². The Balaban J connectivity index is 5.02. The van der Waals surface area contributed by atoms with Gasteiger partial charge in [0.1, 0.15) is 0 Å². The Bertz CT molecular complexity index is 443. The summed E-state index contributed by atoms with van der Waals surface area (Å²) in [4.78, 5) is 0. The molecule has 0 fully saturated rings. The molecule has 0 heterocycles.